The minimum absolute atomic E-state index is 0.245. The highest BCUT2D eigenvalue weighted by molar-refractivity contribution is 5.92. The highest BCUT2D eigenvalue weighted by atomic mass is 16.5. The third-order valence-electron chi connectivity index (χ3n) is 5.93. The van der Waals surface area contributed by atoms with E-state index >= 15 is 0 Å². The number of hydrogen-bond acceptors (Lipinski definition) is 6. The molecule has 1 heterocycles. The Morgan fingerprint density at radius 2 is 1.30 bits per heavy atom. The molecule has 0 saturated carbocycles. The summed E-state index contributed by atoms with van der Waals surface area (Å²) >= 11 is 0. The van der Waals surface area contributed by atoms with Gasteiger partial charge in [0.05, 0.1) is 14.2 Å². The first-order chi connectivity index (χ1) is 18.2. The van der Waals surface area contributed by atoms with E-state index < -0.39 is 0 Å². The third kappa shape index (κ3) is 5.28. The molecule has 1 aromatic heterocycles. The fraction of sp³-hybridized carbons (Fsp3) is 0.129. The van der Waals surface area contributed by atoms with Gasteiger partial charge in [-0.05, 0) is 35.4 Å². The molecule has 6 heteroatoms. The Hall–Kier alpha value is -4.71. The van der Waals surface area contributed by atoms with Crippen LogP contribution in [0.15, 0.2) is 106 Å². The van der Waals surface area contributed by atoms with Crippen LogP contribution >= 0.6 is 0 Å². The molecule has 0 aliphatic rings. The van der Waals surface area contributed by atoms with Crippen LogP contribution in [0.25, 0.3) is 22.3 Å². The van der Waals surface area contributed by atoms with Crippen molar-refractivity contribution in [2.45, 2.75) is 13.2 Å². The van der Waals surface area contributed by atoms with Crippen molar-refractivity contribution >= 4 is 11.0 Å². The second kappa shape index (κ2) is 10.9. The van der Waals surface area contributed by atoms with Gasteiger partial charge in [0.1, 0.15) is 35.9 Å². The normalized spacial score (nSPS) is 10.8. The van der Waals surface area contributed by atoms with E-state index in [9.17, 15) is 4.79 Å². The third-order valence-corrected chi connectivity index (χ3v) is 5.93. The van der Waals surface area contributed by atoms with Gasteiger partial charge in [-0.3, -0.25) is 4.79 Å². The van der Waals surface area contributed by atoms with Gasteiger partial charge >= 0.3 is 0 Å². The van der Waals surface area contributed by atoms with Crippen molar-refractivity contribution in [2.24, 2.45) is 0 Å². The Balaban J connectivity index is 1.47. The lowest BCUT2D eigenvalue weighted by atomic mass is 10.1. The van der Waals surface area contributed by atoms with Crippen LogP contribution < -0.4 is 24.4 Å². The molecular weight excluding hydrogens is 468 g/mol. The van der Waals surface area contributed by atoms with E-state index in [0.29, 0.717) is 42.0 Å². The molecule has 186 valence electrons. The quantitative estimate of drug-likeness (QED) is 0.229. The van der Waals surface area contributed by atoms with Crippen LogP contribution in [0.5, 0.6) is 23.0 Å². The highest BCUT2D eigenvalue weighted by Crippen LogP contribution is 2.42. The number of fused-ring (bicyclic) bond motifs is 1. The van der Waals surface area contributed by atoms with Gasteiger partial charge in [-0.25, -0.2) is 0 Å². The van der Waals surface area contributed by atoms with E-state index in [1.165, 1.54) is 20.3 Å². The molecule has 0 radical (unpaired) electrons. The van der Waals surface area contributed by atoms with E-state index in [-0.39, 0.29) is 16.4 Å². The standard InChI is InChI=1S/C31H26O6/c1-33-27-18-28(36-20-22-11-7-4-8-12-22)30(34-2)31-29(27)25(32)17-26(37-31)23-13-15-24(16-14-23)35-19-21-9-5-3-6-10-21/h3-18H,19-20H2,1-2H3. The van der Waals surface area contributed by atoms with Crippen molar-refractivity contribution in [2.75, 3.05) is 14.2 Å². The molecule has 5 rings (SSSR count). The molecule has 0 unspecified atom stereocenters. The van der Waals surface area contributed by atoms with Crippen LogP contribution in [0, 0.1) is 0 Å². The summed E-state index contributed by atoms with van der Waals surface area (Å²) in [6, 6.07) is 30.2. The summed E-state index contributed by atoms with van der Waals surface area (Å²) in [5, 5.41) is 0.290. The maximum Gasteiger partial charge on any atom is 0.205 e. The maximum atomic E-state index is 13.2. The van der Waals surface area contributed by atoms with Gasteiger partial charge in [0.15, 0.2) is 16.8 Å². The minimum Gasteiger partial charge on any atom is -0.496 e. The number of hydrogen-bond donors (Lipinski definition) is 0. The maximum absolute atomic E-state index is 13.2. The molecule has 0 atom stereocenters. The Labute approximate surface area is 214 Å². The van der Waals surface area contributed by atoms with E-state index in [2.05, 4.69) is 0 Å². The molecule has 4 aromatic carbocycles. The van der Waals surface area contributed by atoms with E-state index in [0.717, 1.165) is 16.7 Å². The van der Waals surface area contributed by atoms with E-state index in [1.807, 2.05) is 84.9 Å². The Bertz CT molecular complexity index is 1540. The summed E-state index contributed by atoms with van der Waals surface area (Å²) in [7, 11) is 3.02. The molecule has 0 N–H and O–H groups in total. The molecule has 0 aliphatic carbocycles. The van der Waals surface area contributed by atoms with Gasteiger partial charge in [0.2, 0.25) is 5.75 Å². The first-order valence-corrected chi connectivity index (χ1v) is 11.8. The van der Waals surface area contributed by atoms with Crippen molar-refractivity contribution in [3.63, 3.8) is 0 Å². The molecular formula is C31H26O6. The zero-order valence-corrected chi connectivity index (χ0v) is 20.6. The predicted octanol–water partition coefficient (Wildman–Crippen LogP) is 6.64. The first-order valence-electron chi connectivity index (χ1n) is 11.8. The van der Waals surface area contributed by atoms with Crippen LogP contribution in [0.1, 0.15) is 11.1 Å². The summed E-state index contributed by atoms with van der Waals surface area (Å²) in [5.41, 5.74) is 2.82. The van der Waals surface area contributed by atoms with Gasteiger partial charge in [0.25, 0.3) is 0 Å². The molecule has 37 heavy (non-hydrogen) atoms. The number of rotatable bonds is 9. The molecule has 0 fully saturated rings. The zero-order chi connectivity index (χ0) is 25.6. The average molecular weight is 495 g/mol. The highest BCUT2D eigenvalue weighted by Gasteiger charge is 2.21. The van der Waals surface area contributed by atoms with Crippen molar-refractivity contribution in [3.05, 3.63) is 118 Å². The van der Waals surface area contributed by atoms with Crippen LogP contribution in [0.3, 0.4) is 0 Å². The molecule has 5 aromatic rings. The average Bonchev–Trinajstić information content (AvgIpc) is 2.95. The number of methoxy groups -OCH3 is 2. The lowest BCUT2D eigenvalue weighted by molar-refractivity contribution is 0.282. The second-order valence-corrected chi connectivity index (χ2v) is 8.36. The van der Waals surface area contributed by atoms with Crippen molar-refractivity contribution < 1.29 is 23.4 Å². The predicted molar refractivity (Wildman–Crippen MR) is 143 cm³/mol. The zero-order valence-electron chi connectivity index (χ0n) is 20.6. The van der Waals surface area contributed by atoms with Gasteiger partial charge in [-0.15, -0.1) is 0 Å². The molecule has 0 aliphatic heterocycles. The smallest absolute Gasteiger partial charge is 0.205 e. The summed E-state index contributed by atoms with van der Waals surface area (Å²) < 4.78 is 29.3. The molecule has 0 saturated heterocycles. The summed E-state index contributed by atoms with van der Waals surface area (Å²) in [5.74, 6) is 2.21. The molecule has 0 spiro atoms. The van der Waals surface area contributed by atoms with E-state index in [1.54, 1.807) is 6.07 Å². The van der Waals surface area contributed by atoms with Crippen molar-refractivity contribution in [1.82, 2.24) is 0 Å². The molecule has 0 bridgehead atoms. The van der Waals surface area contributed by atoms with Crippen LogP contribution in [-0.2, 0) is 13.2 Å². The van der Waals surface area contributed by atoms with Crippen LogP contribution in [0.2, 0.25) is 0 Å². The number of ether oxygens (including phenoxy) is 4. The minimum atomic E-state index is -0.245. The summed E-state index contributed by atoms with van der Waals surface area (Å²) in [6.07, 6.45) is 0. The largest absolute Gasteiger partial charge is 0.496 e. The van der Waals surface area contributed by atoms with Gasteiger partial charge in [-0.2, -0.15) is 0 Å². The fourth-order valence-corrected chi connectivity index (χ4v) is 4.05. The first kappa shape index (κ1) is 24.0. The topological polar surface area (TPSA) is 67.1 Å². The van der Waals surface area contributed by atoms with Gasteiger partial charge in [0, 0.05) is 17.7 Å². The monoisotopic (exact) mass is 494 g/mol. The SMILES string of the molecule is COc1c(OCc2ccccc2)cc(OC)c2c(=O)cc(-c3ccc(OCc4ccccc4)cc3)oc12. The lowest BCUT2D eigenvalue weighted by Crippen LogP contribution is -2.06. The summed E-state index contributed by atoms with van der Waals surface area (Å²) in [6.45, 7) is 0.786. The Morgan fingerprint density at radius 3 is 1.89 bits per heavy atom. The van der Waals surface area contributed by atoms with E-state index in [4.69, 9.17) is 23.4 Å². The molecule has 6 nitrogen and oxygen atoms in total. The Morgan fingerprint density at radius 1 is 0.676 bits per heavy atom. The van der Waals surface area contributed by atoms with Crippen LogP contribution in [-0.4, -0.2) is 14.2 Å². The number of benzene rings is 4. The van der Waals surface area contributed by atoms with Gasteiger partial charge < -0.3 is 23.4 Å². The fourth-order valence-electron chi connectivity index (χ4n) is 4.05. The van der Waals surface area contributed by atoms with Gasteiger partial charge in [-0.1, -0.05) is 60.7 Å². The van der Waals surface area contributed by atoms with Crippen molar-refractivity contribution in [1.29, 1.82) is 0 Å². The Kier molecular flexibility index (Phi) is 7.08. The van der Waals surface area contributed by atoms with Crippen molar-refractivity contribution in [3.8, 4) is 34.3 Å². The molecule has 0 amide bonds. The van der Waals surface area contributed by atoms with Crippen LogP contribution in [0.4, 0.5) is 0 Å². The second-order valence-electron chi connectivity index (χ2n) is 8.36. The lowest BCUT2D eigenvalue weighted by Gasteiger charge is -2.15. The summed E-state index contributed by atoms with van der Waals surface area (Å²) in [4.78, 5) is 13.2.